The molecule has 1 aliphatic heterocycles. The van der Waals surface area contributed by atoms with Gasteiger partial charge in [0, 0.05) is 31.5 Å². The van der Waals surface area contributed by atoms with Crippen molar-refractivity contribution in [3.8, 4) is 0 Å². The van der Waals surface area contributed by atoms with Gasteiger partial charge in [0.05, 0.1) is 0 Å². The SMILES string of the molecule is CCN1CCCCC1CNCc1cc[nH]c1. The highest BCUT2D eigenvalue weighted by atomic mass is 15.2. The van der Waals surface area contributed by atoms with Gasteiger partial charge in [0.1, 0.15) is 0 Å². The number of rotatable bonds is 5. The minimum absolute atomic E-state index is 0.748. The van der Waals surface area contributed by atoms with E-state index in [9.17, 15) is 0 Å². The van der Waals surface area contributed by atoms with Crippen molar-refractivity contribution in [1.29, 1.82) is 0 Å². The van der Waals surface area contributed by atoms with Crippen LogP contribution in [0.25, 0.3) is 0 Å². The first-order valence-corrected chi connectivity index (χ1v) is 6.46. The molecule has 0 spiro atoms. The largest absolute Gasteiger partial charge is 0.367 e. The Morgan fingerprint density at radius 2 is 2.44 bits per heavy atom. The topological polar surface area (TPSA) is 31.1 Å². The Kier molecular flexibility index (Phi) is 4.43. The van der Waals surface area contributed by atoms with Gasteiger partial charge in [0.25, 0.3) is 0 Å². The summed E-state index contributed by atoms with van der Waals surface area (Å²) in [6.45, 7) is 6.85. The summed E-state index contributed by atoms with van der Waals surface area (Å²) in [6.07, 6.45) is 8.17. The Balaban J connectivity index is 1.71. The standard InChI is InChI=1S/C13H23N3/c1-2-16-8-4-3-5-13(16)11-15-10-12-6-7-14-9-12/h6-7,9,13-15H,2-5,8,10-11H2,1H3. The van der Waals surface area contributed by atoms with Crippen molar-refractivity contribution in [2.45, 2.75) is 38.8 Å². The van der Waals surface area contributed by atoms with E-state index >= 15 is 0 Å². The van der Waals surface area contributed by atoms with Gasteiger partial charge in [-0.25, -0.2) is 0 Å². The molecule has 2 heterocycles. The fourth-order valence-corrected chi connectivity index (χ4v) is 2.56. The number of likely N-dealkylation sites (N-methyl/N-ethyl adjacent to an activating group) is 1. The lowest BCUT2D eigenvalue weighted by molar-refractivity contribution is 0.153. The fourth-order valence-electron chi connectivity index (χ4n) is 2.56. The van der Waals surface area contributed by atoms with Gasteiger partial charge < -0.3 is 10.3 Å². The van der Waals surface area contributed by atoms with E-state index in [1.165, 1.54) is 37.9 Å². The first kappa shape index (κ1) is 11.7. The summed E-state index contributed by atoms with van der Waals surface area (Å²) in [5, 5.41) is 3.56. The van der Waals surface area contributed by atoms with Crippen LogP contribution in [0.15, 0.2) is 18.5 Å². The van der Waals surface area contributed by atoms with E-state index in [1.807, 2.05) is 6.20 Å². The molecule has 0 aliphatic carbocycles. The van der Waals surface area contributed by atoms with Crippen LogP contribution in [0.4, 0.5) is 0 Å². The van der Waals surface area contributed by atoms with Crippen molar-refractivity contribution < 1.29 is 0 Å². The normalized spacial score (nSPS) is 22.4. The second kappa shape index (κ2) is 6.06. The minimum Gasteiger partial charge on any atom is -0.367 e. The second-order valence-corrected chi connectivity index (χ2v) is 4.63. The van der Waals surface area contributed by atoms with Crippen molar-refractivity contribution in [3.63, 3.8) is 0 Å². The zero-order valence-electron chi connectivity index (χ0n) is 10.2. The van der Waals surface area contributed by atoms with Crippen LogP contribution in [0.2, 0.25) is 0 Å². The van der Waals surface area contributed by atoms with Gasteiger partial charge in [0.15, 0.2) is 0 Å². The third-order valence-corrected chi connectivity index (χ3v) is 3.53. The lowest BCUT2D eigenvalue weighted by atomic mass is 10.0. The maximum Gasteiger partial charge on any atom is 0.0221 e. The molecular weight excluding hydrogens is 198 g/mol. The van der Waals surface area contributed by atoms with Gasteiger partial charge in [-0.1, -0.05) is 13.3 Å². The molecule has 0 saturated carbocycles. The van der Waals surface area contributed by atoms with E-state index in [1.54, 1.807) is 0 Å². The monoisotopic (exact) mass is 221 g/mol. The summed E-state index contributed by atoms with van der Waals surface area (Å²) < 4.78 is 0. The first-order chi connectivity index (χ1) is 7.90. The molecule has 1 aromatic heterocycles. The Labute approximate surface area is 98.2 Å². The van der Waals surface area contributed by atoms with E-state index < -0.39 is 0 Å². The van der Waals surface area contributed by atoms with E-state index in [4.69, 9.17) is 0 Å². The molecule has 1 aromatic rings. The number of hydrogen-bond acceptors (Lipinski definition) is 2. The van der Waals surface area contributed by atoms with Gasteiger partial charge in [-0.2, -0.15) is 0 Å². The van der Waals surface area contributed by atoms with Crippen LogP contribution in [-0.2, 0) is 6.54 Å². The molecule has 2 N–H and O–H groups in total. The molecule has 3 heteroatoms. The molecule has 0 aromatic carbocycles. The smallest absolute Gasteiger partial charge is 0.0221 e. The number of nitrogens with zero attached hydrogens (tertiary/aromatic N) is 1. The highest BCUT2D eigenvalue weighted by Crippen LogP contribution is 2.15. The number of hydrogen-bond donors (Lipinski definition) is 2. The van der Waals surface area contributed by atoms with Gasteiger partial charge in [-0.05, 0) is 37.6 Å². The van der Waals surface area contributed by atoms with E-state index in [-0.39, 0.29) is 0 Å². The van der Waals surface area contributed by atoms with Crippen LogP contribution in [-0.4, -0.2) is 35.6 Å². The predicted octanol–water partition coefficient (Wildman–Crippen LogP) is 1.98. The van der Waals surface area contributed by atoms with Crippen molar-refractivity contribution in [2.24, 2.45) is 0 Å². The average Bonchev–Trinajstić information content (AvgIpc) is 2.83. The van der Waals surface area contributed by atoms with E-state index in [0.717, 1.165) is 19.1 Å². The summed E-state index contributed by atoms with van der Waals surface area (Å²) in [5.74, 6) is 0. The highest BCUT2D eigenvalue weighted by Gasteiger charge is 2.19. The van der Waals surface area contributed by atoms with E-state index in [0.29, 0.717) is 0 Å². The Bertz CT molecular complexity index is 281. The lowest BCUT2D eigenvalue weighted by Crippen LogP contribution is -2.45. The zero-order chi connectivity index (χ0) is 11.2. The minimum atomic E-state index is 0.748. The molecule has 1 fully saturated rings. The first-order valence-electron chi connectivity index (χ1n) is 6.46. The second-order valence-electron chi connectivity index (χ2n) is 4.63. The number of likely N-dealkylation sites (tertiary alicyclic amines) is 1. The molecular formula is C13H23N3. The van der Waals surface area contributed by atoms with Crippen LogP contribution >= 0.6 is 0 Å². The number of aromatic amines is 1. The number of piperidine rings is 1. The summed E-state index contributed by atoms with van der Waals surface area (Å²) in [5.41, 5.74) is 1.35. The summed E-state index contributed by atoms with van der Waals surface area (Å²) in [7, 11) is 0. The van der Waals surface area contributed by atoms with Crippen molar-refractivity contribution in [2.75, 3.05) is 19.6 Å². The van der Waals surface area contributed by atoms with E-state index in [2.05, 4.69) is 34.4 Å². The Morgan fingerprint density at radius 3 is 3.19 bits per heavy atom. The third-order valence-electron chi connectivity index (χ3n) is 3.53. The molecule has 0 amide bonds. The predicted molar refractivity (Wildman–Crippen MR) is 67.4 cm³/mol. The summed E-state index contributed by atoms with van der Waals surface area (Å²) in [4.78, 5) is 5.69. The summed E-state index contributed by atoms with van der Waals surface area (Å²) in [6, 6.07) is 2.88. The van der Waals surface area contributed by atoms with Crippen LogP contribution in [0.5, 0.6) is 0 Å². The molecule has 1 unspecified atom stereocenters. The van der Waals surface area contributed by atoms with Gasteiger partial charge in [-0.15, -0.1) is 0 Å². The summed E-state index contributed by atoms with van der Waals surface area (Å²) >= 11 is 0. The molecule has 1 saturated heterocycles. The van der Waals surface area contributed by atoms with Crippen molar-refractivity contribution in [1.82, 2.24) is 15.2 Å². The molecule has 3 nitrogen and oxygen atoms in total. The molecule has 90 valence electrons. The molecule has 0 radical (unpaired) electrons. The van der Waals surface area contributed by atoms with Crippen molar-refractivity contribution in [3.05, 3.63) is 24.0 Å². The third kappa shape index (κ3) is 3.09. The van der Waals surface area contributed by atoms with Crippen LogP contribution < -0.4 is 5.32 Å². The quantitative estimate of drug-likeness (QED) is 0.796. The molecule has 0 bridgehead atoms. The maximum absolute atomic E-state index is 3.56. The van der Waals surface area contributed by atoms with Crippen LogP contribution in [0.1, 0.15) is 31.7 Å². The highest BCUT2D eigenvalue weighted by molar-refractivity contribution is 5.07. The van der Waals surface area contributed by atoms with Gasteiger partial charge in [0.2, 0.25) is 0 Å². The van der Waals surface area contributed by atoms with Crippen molar-refractivity contribution >= 4 is 0 Å². The average molecular weight is 221 g/mol. The molecule has 1 atom stereocenters. The number of nitrogens with one attached hydrogen (secondary N) is 2. The Hall–Kier alpha value is -0.800. The Morgan fingerprint density at radius 1 is 1.50 bits per heavy atom. The molecule has 16 heavy (non-hydrogen) atoms. The van der Waals surface area contributed by atoms with Gasteiger partial charge in [-0.3, -0.25) is 4.90 Å². The maximum atomic E-state index is 3.56. The number of aromatic nitrogens is 1. The lowest BCUT2D eigenvalue weighted by Gasteiger charge is -2.35. The molecule has 2 rings (SSSR count). The van der Waals surface area contributed by atoms with Crippen LogP contribution in [0, 0.1) is 0 Å². The zero-order valence-corrected chi connectivity index (χ0v) is 10.2. The van der Waals surface area contributed by atoms with Crippen LogP contribution in [0.3, 0.4) is 0 Å². The number of H-pyrrole nitrogens is 1. The van der Waals surface area contributed by atoms with Gasteiger partial charge >= 0.3 is 0 Å². The molecule has 1 aliphatic rings. The fraction of sp³-hybridized carbons (Fsp3) is 0.692.